The number of imidazole rings is 1. The highest BCUT2D eigenvalue weighted by Crippen LogP contribution is 2.44. The summed E-state index contributed by atoms with van der Waals surface area (Å²) in [5.74, 6) is 1.46. The molecule has 1 saturated carbocycles. The Kier molecular flexibility index (Phi) is 4.92. The van der Waals surface area contributed by atoms with Gasteiger partial charge in [-0.05, 0) is 36.4 Å². The maximum atomic E-state index is 13.6. The second-order valence-corrected chi connectivity index (χ2v) is 9.36. The average Bonchev–Trinajstić information content (AvgIpc) is 3.50. The fourth-order valence-electron chi connectivity index (χ4n) is 5.04. The lowest BCUT2D eigenvalue weighted by molar-refractivity contribution is -0.139. The van der Waals surface area contributed by atoms with Gasteiger partial charge in [-0.15, -0.1) is 11.3 Å². The van der Waals surface area contributed by atoms with Gasteiger partial charge >= 0.3 is 0 Å². The van der Waals surface area contributed by atoms with Crippen LogP contribution < -0.4 is 0 Å². The van der Waals surface area contributed by atoms with Gasteiger partial charge in [-0.3, -0.25) is 9.69 Å². The van der Waals surface area contributed by atoms with E-state index in [9.17, 15) is 4.79 Å². The number of amides is 1. The summed E-state index contributed by atoms with van der Waals surface area (Å²) < 4.78 is 2.19. The molecule has 29 heavy (non-hydrogen) atoms. The third-order valence-electron chi connectivity index (χ3n) is 6.76. The predicted octanol–water partition coefficient (Wildman–Crippen LogP) is 3.79. The molecule has 0 atom stereocenters. The monoisotopic (exact) mass is 408 g/mol. The largest absolute Gasteiger partial charge is 0.339 e. The smallest absolute Gasteiger partial charge is 0.234 e. The van der Waals surface area contributed by atoms with Crippen LogP contribution in [0.15, 0.2) is 41.8 Å². The van der Waals surface area contributed by atoms with Crippen molar-refractivity contribution in [3.8, 4) is 0 Å². The van der Waals surface area contributed by atoms with Crippen molar-refractivity contribution in [3.05, 3.63) is 52.5 Å². The average molecular weight is 409 g/mol. The van der Waals surface area contributed by atoms with Crippen LogP contribution >= 0.6 is 11.3 Å². The van der Waals surface area contributed by atoms with E-state index in [0.29, 0.717) is 5.91 Å². The number of aromatic nitrogens is 2. The minimum absolute atomic E-state index is 0.256. The zero-order valence-electron chi connectivity index (χ0n) is 17.0. The maximum Gasteiger partial charge on any atom is 0.234 e. The zero-order valence-corrected chi connectivity index (χ0v) is 17.8. The van der Waals surface area contributed by atoms with Gasteiger partial charge in [0.1, 0.15) is 5.82 Å². The molecule has 1 amide bonds. The van der Waals surface area contributed by atoms with E-state index >= 15 is 0 Å². The number of piperazine rings is 1. The summed E-state index contributed by atoms with van der Waals surface area (Å²) in [6, 6.07) is 12.5. The molecule has 2 fully saturated rings. The van der Waals surface area contributed by atoms with E-state index in [1.807, 2.05) is 6.07 Å². The highest BCUT2D eigenvalue weighted by atomic mass is 32.1. The standard InChI is InChI=1S/C23H28N4OS/c1-25-19-8-3-2-7-18(19)24-21(25)17-26-12-14-27(15-13-26)22(28)23(10-4-5-11-23)20-9-6-16-29-20/h2-3,6-9,16H,4-5,10-15,17H2,1H3. The number of para-hydroxylation sites is 2. The van der Waals surface area contributed by atoms with E-state index < -0.39 is 0 Å². The van der Waals surface area contributed by atoms with Crippen molar-refractivity contribution >= 4 is 28.3 Å². The number of thiophene rings is 1. The molecule has 0 bridgehead atoms. The SMILES string of the molecule is Cn1c(CN2CCN(C(=O)C3(c4cccs4)CCCC3)CC2)nc2ccccc21. The first-order valence-electron chi connectivity index (χ1n) is 10.6. The van der Waals surface area contributed by atoms with Crippen LogP contribution in [0.25, 0.3) is 11.0 Å². The molecule has 1 aromatic carbocycles. The summed E-state index contributed by atoms with van der Waals surface area (Å²) in [7, 11) is 2.09. The van der Waals surface area contributed by atoms with Crippen LogP contribution in [0.5, 0.6) is 0 Å². The highest BCUT2D eigenvalue weighted by Gasteiger charge is 2.46. The molecule has 3 heterocycles. The van der Waals surface area contributed by atoms with Gasteiger partial charge in [0.15, 0.2) is 0 Å². The molecule has 1 saturated heterocycles. The summed E-state index contributed by atoms with van der Waals surface area (Å²) in [5, 5.41) is 2.11. The summed E-state index contributed by atoms with van der Waals surface area (Å²) >= 11 is 1.75. The van der Waals surface area contributed by atoms with E-state index in [0.717, 1.165) is 69.7 Å². The lowest BCUT2D eigenvalue weighted by Gasteiger charge is -2.39. The highest BCUT2D eigenvalue weighted by molar-refractivity contribution is 7.10. The Bertz CT molecular complexity index is 995. The van der Waals surface area contributed by atoms with Crippen LogP contribution in [0.1, 0.15) is 36.4 Å². The summed E-state index contributed by atoms with van der Waals surface area (Å²) in [6.45, 7) is 4.29. The van der Waals surface area contributed by atoms with Gasteiger partial charge < -0.3 is 9.47 Å². The van der Waals surface area contributed by atoms with Crippen molar-refractivity contribution in [2.75, 3.05) is 26.2 Å². The van der Waals surface area contributed by atoms with Crippen LogP contribution in [-0.2, 0) is 23.8 Å². The topological polar surface area (TPSA) is 41.4 Å². The van der Waals surface area contributed by atoms with Crippen molar-refractivity contribution in [1.29, 1.82) is 0 Å². The minimum Gasteiger partial charge on any atom is -0.339 e. The van der Waals surface area contributed by atoms with Crippen LogP contribution in [0, 0.1) is 0 Å². The first-order valence-corrected chi connectivity index (χ1v) is 11.5. The number of carbonyl (C=O) groups is 1. The van der Waals surface area contributed by atoms with Gasteiger partial charge in [0.2, 0.25) is 5.91 Å². The molecule has 0 radical (unpaired) electrons. The number of fused-ring (bicyclic) bond motifs is 1. The quantitative estimate of drug-likeness (QED) is 0.660. The third-order valence-corrected chi connectivity index (χ3v) is 7.84. The molecule has 2 aliphatic rings. The third kappa shape index (κ3) is 3.28. The van der Waals surface area contributed by atoms with Crippen LogP contribution in [0.3, 0.4) is 0 Å². The Morgan fingerprint density at radius 2 is 1.83 bits per heavy atom. The van der Waals surface area contributed by atoms with Gasteiger partial charge in [-0.25, -0.2) is 4.98 Å². The molecule has 1 aliphatic heterocycles. The van der Waals surface area contributed by atoms with E-state index in [-0.39, 0.29) is 5.41 Å². The Labute approximate surface area is 175 Å². The Hall–Kier alpha value is -2.18. The molecule has 152 valence electrons. The van der Waals surface area contributed by atoms with Crippen molar-refractivity contribution in [2.45, 2.75) is 37.6 Å². The number of hydrogen-bond acceptors (Lipinski definition) is 4. The predicted molar refractivity (Wildman–Crippen MR) is 117 cm³/mol. The Morgan fingerprint density at radius 1 is 1.07 bits per heavy atom. The van der Waals surface area contributed by atoms with Crippen molar-refractivity contribution in [3.63, 3.8) is 0 Å². The summed E-state index contributed by atoms with van der Waals surface area (Å²) in [6.07, 6.45) is 4.34. The molecule has 1 aliphatic carbocycles. The van der Waals surface area contributed by atoms with Crippen LogP contribution in [0.4, 0.5) is 0 Å². The molecule has 0 N–H and O–H groups in total. The van der Waals surface area contributed by atoms with E-state index in [4.69, 9.17) is 4.98 Å². The normalized spacial score (nSPS) is 19.8. The van der Waals surface area contributed by atoms with Gasteiger partial charge in [0, 0.05) is 38.1 Å². The van der Waals surface area contributed by atoms with E-state index in [1.165, 1.54) is 10.4 Å². The maximum absolute atomic E-state index is 13.6. The van der Waals surface area contributed by atoms with Gasteiger partial charge in [0.05, 0.1) is 23.0 Å². The summed E-state index contributed by atoms with van der Waals surface area (Å²) in [4.78, 5) is 24.2. The molecule has 3 aromatic rings. The number of aryl methyl sites for hydroxylation is 1. The fraction of sp³-hybridized carbons (Fsp3) is 0.478. The second-order valence-electron chi connectivity index (χ2n) is 8.41. The van der Waals surface area contributed by atoms with Crippen molar-refractivity contribution in [2.24, 2.45) is 7.05 Å². The zero-order chi connectivity index (χ0) is 19.8. The van der Waals surface area contributed by atoms with Crippen molar-refractivity contribution in [1.82, 2.24) is 19.4 Å². The summed E-state index contributed by atoms with van der Waals surface area (Å²) in [5.41, 5.74) is 1.97. The van der Waals surface area contributed by atoms with E-state index in [1.54, 1.807) is 11.3 Å². The van der Waals surface area contributed by atoms with Crippen LogP contribution in [-0.4, -0.2) is 51.4 Å². The molecule has 2 aromatic heterocycles. The molecule has 0 unspecified atom stereocenters. The fourth-order valence-corrected chi connectivity index (χ4v) is 6.02. The van der Waals surface area contributed by atoms with E-state index in [2.05, 4.69) is 57.1 Å². The lowest BCUT2D eigenvalue weighted by atomic mass is 9.82. The number of nitrogens with zero attached hydrogens (tertiary/aromatic N) is 4. The van der Waals surface area contributed by atoms with Gasteiger partial charge in [-0.1, -0.05) is 31.0 Å². The van der Waals surface area contributed by atoms with Crippen molar-refractivity contribution < 1.29 is 4.79 Å². The van der Waals surface area contributed by atoms with Gasteiger partial charge in [-0.2, -0.15) is 0 Å². The first kappa shape index (κ1) is 18.8. The molecule has 0 spiro atoms. The molecule has 5 rings (SSSR count). The molecule has 5 nitrogen and oxygen atoms in total. The Morgan fingerprint density at radius 3 is 2.52 bits per heavy atom. The minimum atomic E-state index is -0.256. The Balaban J connectivity index is 1.26. The number of hydrogen-bond donors (Lipinski definition) is 0. The molecular weight excluding hydrogens is 380 g/mol. The van der Waals surface area contributed by atoms with Gasteiger partial charge in [0.25, 0.3) is 0 Å². The molecule has 6 heteroatoms. The van der Waals surface area contributed by atoms with Crippen LogP contribution in [0.2, 0.25) is 0 Å². The first-order chi connectivity index (χ1) is 14.2. The number of carbonyl (C=O) groups excluding carboxylic acids is 1. The molecular formula is C23H28N4OS. The lowest BCUT2D eigenvalue weighted by Crippen LogP contribution is -2.53. The number of benzene rings is 1. The number of rotatable bonds is 4. The second kappa shape index (κ2) is 7.58.